The van der Waals surface area contributed by atoms with E-state index in [2.05, 4.69) is 4.85 Å². The van der Waals surface area contributed by atoms with Crippen LogP contribution >= 0.6 is 0 Å². The predicted octanol–water partition coefficient (Wildman–Crippen LogP) is 6.75. The second-order valence-electron chi connectivity index (χ2n) is 7.84. The van der Waals surface area contributed by atoms with E-state index in [1.807, 2.05) is 63.6 Å². The highest BCUT2D eigenvalue weighted by Crippen LogP contribution is 2.40. The van der Waals surface area contributed by atoms with Crippen LogP contribution in [0.1, 0.15) is 43.1 Å². The van der Waals surface area contributed by atoms with Gasteiger partial charge < -0.3 is 4.42 Å². The van der Waals surface area contributed by atoms with Crippen LogP contribution in [0.15, 0.2) is 40.8 Å². The molecule has 0 unspecified atom stereocenters. The van der Waals surface area contributed by atoms with Crippen molar-refractivity contribution in [2.45, 2.75) is 40.9 Å². The lowest BCUT2D eigenvalue weighted by Gasteiger charge is -2.11. The average molecular weight is 389 g/mol. The van der Waals surface area contributed by atoms with Gasteiger partial charge in [0.1, 0.15) is 18.2 Å². The molecule has 0 amide bonds. The maximum Gasteiger partial charge on any atom is 0.216 e. The molecule has 4 aromatic rings. The van der Waals surface area contributed by atoms with E-state index in [0.717, 1.165) is 22.5 Å². The summed E-state index contributed by atoms with van der Waals surface area (Å²) in [5.74, 6) is -0.218. The van der Waals surface area contributed by atoms with Crippen molar-refractivity contribution in [3.05, 3.63) is 70.2 Å². The molecule has 0 atom stereocenters. The molecular formula is C26H27N2O+. The lowest BCUT2D eigenvalue weighted by molar-refractivity contribution is -0.666. The third-order valence-electron chi connectivity index (χ3n) is 5.32. The summed E-state index contributed by atoms with van der Waals surface area (Å²) in [5.41, 5.74) is 5.14. The molecule has 29 heavy (non-hydrogen) atoms. The van der Waals surface area contributed by atoms with Crippen LogP contribution in [0.4, 0.5) is 5.69 Å². The number of rotatable bonds is 3. The summed E-state index contributed by atoms with van der Waals surface area (Å²) in [5, 5.41) is 1.14. The van der Waals surface area contributed by atoms with Crippen molar-refractivity contribution < 1.29 is 15.8 Å². The predicted molar refractivity (Wildman–Crippen MR) is 119 cm³/mol. The Morgan fingerprint density at radius 1 is 1.17 bits per heavy atom. The van der Waals surface area contributed by atoms with Crippen molar-refractivity contribution in [2.24, 2.45) is 13.0 Å². The van der Waals surface area contributed by atoms with Crippen LogP contribution in [0.25, 0.3) is 38.0 Å². The zero-order valence-corrected chi connectivity index (χ0v) is 17.3. The van der Waals surface area contributed by atoms with Gasteiger partial charge in [-0.05, 0) is 48.8 Å². The largest absolute Gasteiger partial charge is 0.456 e. The van der Waals surface area contributed by atoms with Gasteiger partial charge in [0, 0.05) is 36.7 Å². The summed E-state index contributed by atoms with van der Waals surface area (Å²) >= 11 is 0. The molecule has 146 valence electrons. The number of hydrogen-bond acceptors (Lipinski definition) is 1. The van der Waals surface area contributed by atoms with E-state index in [-0.39, 0.29) is 17.2 Å². The van der Waals surface area contributed by atoms with Gasteiger partial charge in [-0.1, -0.05) is 32.0 Å². The Hall–Kier alpha value is -3.12. The molecule has 0 saturated heterocycles. The SMILES string of the molecule is [2H]C([2H])([2H])c1cc([N+]#[C-])cc2oc3c(-c4cc(C([2H])([2H])C(C)C)cc(C)[n+]4C)c(C)ccc3c12. The van der Waals surface area contributed by atoms with Crippen LogP contribution < -0.4 is 4.57 Å². The van der Waals surface area contributed by atoms with Crippen LogP contribution in [0.3, 0.4) is 0 Å². The Kier molecular flexibility index (Phi) is 3.39. The molecule has 0 N–H and O–H groups in total. The third kappa shape index (κ3) is 3.19. The number of pyridine rings is 1. The van der Waals surface area contributed by atoms with E-state index in [9.17, 15) is 0 Å². The summed E-state index contributed by atoms with van der Waals surface area (Å²) in [6, 6.07) is 10.5. The number of nitrogens with zero attached hydrogens (tertiary/aromatic N) is 2. The lowest BCUT2D eigenvalue weighted by atomic mass is 9.96. The van der Waals surface area contributed by atoms with Crippen molar-refractivity contribution in [1.82, 2.24) is 0 Å². The van der Waals surface area contributed by atoms with Crippen molar-refractivity contribution in [1.29, 1.82) is 0 Å². The topological polar surface area (TPSA) is 21.4 Å². The number of furan rings is 1. The van der Waals surface area contributed by atoms with Crippen LogP contribution in [-0.4, -0.2) is 0 Å². The van der Waals surface area contributed by atoms with Gasteiger partial charge in [-0.2, -0.15) is 4.57 Å². The third-order valence-corrected chi connectivity index (χ3v) is 5.32. The molecule has 3 nitrogen and oxygen atoms in total. The molecular weight excluding hydrogens is 356 g/mol. The molecule has 0 aliphatic rings. The van der Waals surface area contributed by atoms with Crippen molar-refractivity contribution in [3.8, 4) is 11.3 Å². The summed E-state index contributed by atoms with van der Waals surface area (Å²) in [7, 11) is 1.92. The fraction of sp³-hybridized carbons (Fsp3) is 0.308. The first-order valence-electron chi connectivity index (χ1n) is 12.2. The molecule has 3 heteroatoms. The second kappa shape index (κ2) is 7.04. The Bertz CT molecular complexity index is 1490. The number of benzene rings is 2. The standard InChI is InChI=1S/C26H27N2O/c1-15(2)10-19-12-18(5)28(7)22(13-19)25-16(3)8-9-21-24-17(4)11-20(27-6)14-23(24)29-26(21)25/h8-9,11-15H,10H2,1-5,7H3/q+1/i4D3,10D2. The summed E-state index contributed by atoms with van der Waals surface area (Å²) < 4.78 is 49.7. The van der Waals surface area contributed by atoms with E-state index in [1.54, 1.807) is 6.07 Å². The normalized spacial score (nSPS) is 15.0. The van der Waals surface area contributed by atoms with Gasteiger partial charge in [-0.15, -0.1) is 0 Å². The molecule has 2 aromatic heterocycles. The molecule has 4 rings (SSSR count). The molecule has 0 aliphatic carbocycles. The maximum absolute atomic E-state index is 8.64. The highest BCUT2D eigenvalue weighted by Gasteiger charge is 2.23. The summed E-state index contributed by atoms with van der Waals surface area (Å²) in [6.07, 6.45) is -1.53. The quantitative estimate of drug-likeness (QED) is 0.281. The zero-order valence-electron chi connectivity index (χ0n) is 22.3. The van der Waals surface area contributed by atoms with Crippen molar-refractivity contribution in [3.63, 3.8) is 0 Å². The molecule has 0 saturated carbocycles. The Labute approximate surface area is 179 Å². The first kappa shape index (κ1) is 14.0. The Morgan fingerprint density at radius 2 is 1.97 bits per heavy atom. The van der Waals surface area contributed by atoms with Crippen LogP contribution in [0.2, 0.25) is 0 Å². The fourth-order valence-electron chi connectivity index (χ4n) is 3.89. The monoisotopic (exact) mass is 388 g/mol. The first-order chi connectivity index (χ1) is 15.8. The minimum absolute atomic E-state index is 0.0926. The van der Waals surface area contributed by atoms with Gasteiger partial charge in [-0.3, -0.25) is 0 Å². The van der Waals surface area contributed by atoms with E-state index in [1.165, 1.54) is 6.07 Å². The number of aromatic nitrogens is 1. The molecule has 0 radical (unpaired) electrons. The molecule has 0 fully saturated rings. The zero-order chi connectivity index (χ0) is 25.2. The van der Waals surface area contributed by atoms with Gasteiger partial charge in [0.25, 0.3) is 0 Å². The second-order valence-corrected chi connectivity index (χ2v) is 7.84. The van der Waals surface area contributed by atoms with E-state index >= 15 is 0 Å². The Morgan fingerprint density at radius 3 is 2.66 bits per heavy atom. The number of hydrogen-bond donors (Lipinski definition) is 0. The molecule has 0 spiro atoms. The van der Waals surface area contributed by atoms with Gasteiger partial charge in [0.2, 0.25) is 5.69 Å². The smallest absolute Gasteiger partial charge is 0.216 e. The fourth-order valence-corrected chi connectivity index (χ4v) is 3.89. The van der Waals surface area contributed by atoms with E-state index in [0.29, 0.717) is 27.5 Å². The summed E-state index contributed by atoms with van der Waals surface area (Å²) in [6.45, 7) is 12.6. The van der Waals surface area contributed by atoms with Gasteiger partial charge in [0.15, 0.2) is 11.4 Å². The van der Waals surface area contributed by atoms with Gasteiger partial charge in [-0.25, -0.2) is 4.85 Å². The molecule has 2 heterocycles. The van der Waals surface area contributed by atoms with Crippen LogP contribution in [0, 0.1) is 33.2 Å². The first-order valence-corrected chi connectivity index (χ1v) is 9.66. The Balaban J connectivity index is 2.14. The van der Waals surface area contributed by atoms with Crippen molar-refractivity contribution in [2.75, 3.05) is 0 Å². The maximum atomic E-state index is 8.64. The number of aryl methyl sites for hydroxylation is 3. The van der Waals surface area contributed by atoms with E-state index in [4.69, 9.17) is 17.8 Å². The van der Waals surface area contributed by atoms with Crippen LogP contribution in [0.5, 0.6) is 0 Å². The summed E-state index contributed by atoms with van der Waals surface area (Å²) in [4.78, 5) is 3.44. The highest BCUT2D eigenvalue weighted by molar-refractivity contribution is 6.11. The van der Waals surface area contributed by atoms with Gasteiger partial charge in [0.05, 0.1) is 12.1 Å². The molecule has 0 bridgehead atoms. The molecule has 0 aliphatic heterocycles. The number of fused-ring (bicyclic) bond motifs is 3. The minimum Gasteiger partial charge on any atom is -0.456 e. The average Bonchev–Trinajstić information content (AvgIpc) is 3.12. The highest BCUT2D eigenvalue weighted by atomic mass is 16.3. The van der Waals surface area contributed by atoms with E-state index < -0.39 is 13.2 Å². The van der Waals surface area contributed by atoms with Crippen molar-refractivity contribution >= 4 is 27.6 Å². The minimum atomic E-state index is -2.41. The molecule has 2 aromatic carbocycles. The van der Waals surface area contributed by atoms with Crippen LogP contribution in [-0.2, 0) is 13.4 Å². The van der Waals surface area contributed by atoms with Gasteiger partial charge >= 0.3 is 0 Å². The lowest BCUT2D eigenvalue weighted by Crippen LogP contribution is -2.35.